The molecule has 1 saturated heterocycles. The van der Waals surface area contributed by atoms with Crippen molar-refractivity contribution < 1.29 is 9.18 Å². The van der Waals surface area contributed by atoms with Crippen LogP contribution in [0, 0.1) is 6.92 Å². The summed E-state index contributed by atoms with van der Waals surface area (Å²) in [6, 6.07) is 3.98. The van der Waals surface area contributed by atoms with Crippen molar-refractivity contribution in [1.29, 1.82) is 0 Å². The van der Waals surface area contributed by atoms with E-state index in [4.69, 9.17) is 0 Å². The number of alkyl halides is 1. The van der Waals surface area contributed by atoms with E-state index in [0.29, 0.717) is 13.1 Å². The van der Waals surface area contributed by atoms with Gasteiger partial charge in [0.05, 0.1) is 0 Å². The van der Waals surface area contributed by atoms with E-state index in [1.165, 1.54) is 6.92 Å². The lowest BCUT2D eigenvalue weighted by Crippen LogP contribution is -2.60. The maximum Gasteiger partial charge on any atom is 0.257 e. The molecule has 0 radical (unpaired) electrons. The number of pyridine rings is 1. The first-order valence-electron chi connectivity index (χ1n) is 8.04. The average Bonchev–Trinajstić information content (AvgIpc) is 2.49. The molecule has 1 unspecified atom stereocenters. The highest BCUT2D eigenvalue weighted by molar-refractivity contribution is 5.81. The summed E-state index contributed by atoms with van der Waals surface area (Å²) < 4.78 is 13.3. The van der Waals surface area contributed by atoms with Crippen LogP contribution in [0.5, 0.6) is 0 Å². The zero-order valence-corrected chi connectivity index (χ0v) is 14.5. The van der Waals surface area contributed by atoms with Gasteiger partial charge in [-0.15, -0.1) is 0 Å². The van der Waals surface area contributed by atoms with Crippen LogP contribution in [0.4, 0.5) is 10.2 Å². The normalized spacial score (nSPS) is 22.7. The molecular weight excluding hydrogens is 281 g/mol. The molecule has 22 heavy (non-hydrogen) atoms. The van der Waals surface area contributed by atoms with E-state index < -0.39 is 12.1 Å². The minimum atomic E-state index is -1.44. The predicted molar refractivity (Wildman–Crippen MR) is 88.9 cm³/mol. The van der Waals surface area contributed by atoms with E-state index in [1.54, 1.807) is 4.90 Å². The van der Waals surface area contributed by atoms with Crippen molar-refractivity contribution in [2.45, 2.75) is 59.8 Å². The Morgan fingerprint density at radius 2 is 1.82 bits per heavy atom. The van der Waals surface area contributed by atoms with Crippen LogP contribution in [-0.2, 0) is 4.79 Å². The highest BCUT2D eigenvalue weighted by Gasteiger charge is 2.35. The summed E-state index contributed by atoms with van der Waals surface area (Å²) in [6.07, 6.45) is 0.398. The molecule has 0 aliphatic carbocycles. The van der Waals surface area contributed by atoms with Gasteiger partial charge in [0.2, 0.25) is 0 Å². The standard InChI is InChI=1S/C15H22FN3O.C2H6/c1-10-5-6-14(17-7-10)18-8-11(2)19(12(3)9-18)15(20)13(4)16;1-2/h5-7,11-13H,8-9H2,1-4H3;1-2H3/t11-,12+,13?;. The van der Waals surface area contributed by atoms with Crippen LogP contribution in [0.2, 0.25) is 0 Å². The number of halogens is 1. The fourth-order valence-corrected chi connectivity index (χ4v) is 2.80. The largest absolute Gasteiger partial charge is 0.353 e. The molecular formula is C17H28FN3O. The van der Waals surface area contributed by atoms with Gasteiger partial charge in [-0.2, -0.15) is 0 Å². The molecule has 0 N–H and O–H groups in total. The molecule has 1 amide bonds. The van der Waals surface area contributed by atoms with Crippen LogP contribution in [0.1, 0.15) is 40.2 Å². The van der Waals surface area contributed by atoms with Crippen molar-refractivity contribution in [3.05, 3.63) is 23.9 Å². The number of aromatic nitrogens is 1. The molecule has 1 aliphatic rings. The SMILES string of the molecule is CC.Cc1ccc(N2C[C@@H](C)N(C(=O)C(C)F)[C@@H](C)C2)nc1. The van der Waals surface area contributed by atoms with E-state index in [-0.39, 0.29) is 12.1 Å². The Balaban J connectivity index is 0.00000116. The Hall–Kier alpha value is -1.65. The van der Waals surface area contributed by atoms with Crippen LogP contribution in [0.3, 0.4) is 0 Å². The van der Waals surface area contributed by atoms with Crippen molar-refractivity contribution in [1.82, 2.24) is 9.88 Å². The Kier molecular flexibility index (Phi) is 6.78. The number of carbonyl (C=O) groups excluding carboxylic acids is 1. The summed E-state index contributed by atoms with van der Waals surface area (Å²) in [6.45, 7) is 12.6. The lowest BCUT2D eigenvalue weighted by atomic mass is 10.1. The molecule has 1 fully saturated rings. The first-order valence-corrected chi connectivity index (χ1v) is 8.04. The van der Waals surface area contributed by atoms with Gasteiger partial charge in [0.1, 0.15) is 5.82 Å². The molecule has 2 heterocycles. The van der Waals surface area contributed by atoms with Gasteiger partial charge in [0.25, 0.3) is 5.91 Å². The van der Waals surface area contributed by atoms with Crippen LogP contribution in [0.15, 0.2) is 18.3 Å². The molecule has 0 bridgehead atoms. The number of carbonyl (C=O) groups is 1. The Morgan fingerprint density at radius 3 is 2.23 bits per heavy atom. The van der Waals surface area contributed by atoms with Crippen molar-refractivity contribution >= 4 is 11.7 Å². The predicted octanol–water partition coefficient (Wildman–Crippen LogP) is 3.20. The smallest absolute Gasteiger partial charge is 0.257 e. The molecule has 4 nitrogen and oxygen atoms in total. The average molecular weight is 309 g/mol. The lowest BCUT2D eigenvalue weighted by molar-refractivity contribution is -0.140. The number of amides is 1. The second-order valence-corrected chi connectivity index (χ2v) is 5.66. The molecule has 124 valence electrons. The second-order valence-electron chi connectivity index (χ2n) is 5.66. The van der Waals surface area contributed by atoms with Crippen LogP contribution in [-0.4, -0.2) is 47.1 Å². The summed E-state index contributed by atoms with van der Waals surface area (Å²) in [5.41, 5.74) is 1.12. The van der Waals surface area contributed by atoms with Gasteiger partial charge >= 0.3 is 0 Å². The minimum absolute atomic E-state index is 0.0208. The van der Waals surface area contributed by atoms with Gasteiger partial charge in [0, 0.05) is 31.4 Å². The fourth-order valence-electron chi connectivity index (χ4n) is 2.80. The van der Waals surface area contributed by atoms with Crippen LogP contribution < -0.4 is 4.90 Å². The van der Waals surface area contributed by atoms with Gasteiger partial charge in [-0.1, -0.05) is 19.9 Å². The first-order chi connectivity index (χ1) is 10.4. The number of anilines is 1. The van der Waals surface area contributed by atoms with E-state index >= 15 is 0 Å². The highest BCUT2D eigenvalue weighted by Crippen LogP contribution is 2.22. The summed E-state index contributed by atoms with van der Waals surface area (Å²) in [7, 11) is 0. The third kappa shape index (κ3) is 4.18. The third-order valence-corrected chi connectivity index (χ3v) is 3.73. The van der Waals surface area contributed by atoms with E-state index in [1.807, 2.05) is 52.9 Å². The topological polar surface area (TPSA) is 36.4 Å². The van der Waals surface area contributed by atoms with Gasteiger partial charge in [0.15, 0.2) is 6.17 Å². The summed E-state index contributed by atoms with van der Waals surface area (Å²) in [4.78, 5) is 20.2. The molecule has 0 spiro atoms. The number of piperazine rings is 1. The third-order valence-electron chi connectivity index (χ3n) is 3.73. The molecule has 1 aromatic heterocycles. The van der Waals surface area contributed by atoms with Gasteiger partial charge in [-0.3, -0.25) is 4.79 Å². The van der Waals surface area contributed by atoms with Gasteiger partial charge in [-0.25, -0.2) is 9.37 Å². The Labute approximate surface area is 133 Å². The Morgan fingerprint density at radius 1 is 1.27 bits per heavy atom. The van der Waals surface area contributed by atoms with Gasteiger partial charge in [-0.05, 0) is 39.3 Å². The number of nitrogens with zero attached hydrogens (tertiary/aromatic N) is 3. The quantitative estimate of drug-likeness (QED) is 0.842. The van der Waals surface area contributed by atoms with Crippen molar-refractivity contribution in [2.24, 2.45) is 0 Å². The first kappa shape index (κ1) is 18.4. The molecule has 5 heteroatoms. The van der Waals surface area contributed by atoms with E-state index in [2.05, 4.69) is 9.88 Å². The second kappa shape index (κ2) is 8.11. The lowest BCUT2D eigenvalue weighted by Gasteiger charge is -2.45. The van der Waals surface area contributed by atoms with Crippen molar-refractivity contribution in [2.75, 3.05) is 18.0 Å². The number of hydrogen-bond acceptors (Lipinski definition) is 3. The van der Waals surface area contributed by atoms with Crippen LogP contribution in [0.25, 0.3) is 0 Å². The number of hydrogen-bond donors (Lipinski definition) is 0. The minimum Gasteiger partial charge on any atom is -0.353 e. The molecule has 1 aliphatic heterocycles. The summed E-state index contributed by atoms with van der Waals surface area (Å²) in [5.74, 6) is 0.496. The molecule has 3 atom stereocenters. The van der Waals surface area contributed by atoms with Crippen LogP contribution >= 0.6 is 0 Å². The van der Waals surface area contributed by atoms with Gasteiger partial charge < -0.3 is 9.80 Å². The molecule has 1 aromatic rings. The maximum absolute atomic E-state index is 13.3. The van der Waals surface area contributed by atoms with Crippen molar-refractivity contribution in [3.8, 4) is 0 Å². The molecule has 2 rings (SSSR count). The zero-order valence-electron chi connectivity index (χ0n) is 14.5. The fraction of sp³-hybridized carbons (Fsp3) is 0.647. The zero-order chi connectivity index (χ0) is 16.9. The van der Waals surface area contributed by atoms with E-state index in [9.17, 15) is 9.18 Å². The van der Waals surface area contributed by atoms with Crippen molar-refractivity contribution in [3.63, 3.8) is 0 Å². The highest BCUT2D eigenvalue weighted by atomic mass is 19.1. The summed E-state index contributed by atoms with van der Waals surface area (Å²) >= 11 is 0. The maximum atomic E-state index is 13.3. The monoisotopic (exact) mass is 309 g/mol. The molecule has 0 saturated carbocycles. The summed E-state index contributed by atoms with van der Waals surface area (Å²) in [5, 5.41) is 0. The molecule has 0 aromatic carbocycles. The van der Waals surface area contributed by atoms with E-state index in [0.717, 1.165) is 11.4 Å². The number of aryl methyl sites for hydroxylation is 1. The number of rotatable bonds is 2. The Bertz CT molecular complexity index is 463.